The fourth-order valence-electron chi connectivity index (χ4n) is 3.97. The van der Waals surface area contributed by atoms with E-state index < -0.39 is 21.8 Å². The second-order valence-electron chi connectivity index (χ2n) is 8.65. The SMILES string of the molecule is CCCCC(NC(=O)c1cc(S(C)(=O)=O)ccc1C)C(=O)Nc1cccc(N2CCCC2)c1. The molecule has 0 aromatic heterocycles. The molecule has 1 unspecified atom stereocenters. The largest absolute Gasteiger partial charge is 0.371 e. The van der Waals surface area contributed by atoms with Crippen LogP contribution in [0.2, 0.25) is 0 Å². The van der Waals surface area contributed by atoms with Crippen LogP contribution in [0, 0.1) is 6.92 Å². The van der Waals surface area contributed by atoms with Crippen molar-refractivity contribution in [2.75, 3.05) is 29.6 Å². The smallest absolute Gasteiger partial charge is 0.252 e. The van der Waals surface area contributed by atoms with Gasteiger partial charge in [-0.3, -0.25) is 9.59 Å². The number of carbonyl (C=O) groups excluding carboxylic acids is 2. The van der Waals surface area contributed by atoms with Gasteiger partial charge in [0.15, 0.2) is 9.84 Å². The molecule has 1 heterocycles. The normalized spacial score (nSPS) is 14.7. The van der Waals surface area contributed by atoms with E-state index in [0.717, 1.165) is 37.9 Å². The first-order chi connectivity index (χ1) is 15.7. The molecule has 0 radical (unpaired) electrons. The second-order valence-corrected chi connectivity index (χ2v) is 10.7. The van der Waals surface area contributed by atoms with Crippen LogP contribution in [0.5, 0.6) is 0 Å². The van der Waals surface area contributed by atoms with E-state index in [2.05, 4.69) is 15.5 Å². The van der Waals surface area contributed by atoms with Crippen LogP contribution in [0.4, 0.5) is 11.4 Å². The molecule has 2 amide bonds. The molecule has 0 aliphatic carbocycles. The first-order valence-corrected chi connectivity index (χ1v) is 13.4. The molecule has 1 aliphatic heterocycles. The van der Waals surface area contributed by atoms with Crippen molar-refractivity contribution in [3.63, 3.8) is 0 Å². The van der Waals surface area contributed by atoms with Gasteiger partial charge in [0, 0.05) is 36.3 Å². The van der Waals surface area contributed by atoms with Crippen molar-refractivity contribution in [2.24, 2.45) is 0 Å². The molecule has 3 rings (SSSR count). The molecule has 0 bridgehead atoms. The van der Waals surface area contributed by atoms with Gasteiger partial charge in [-0.05, 0) is 62.1 Å². The van der Waals surface area contributed by atoms with E-state index in [0.29, 0.717) is 17.7 Å². The summed E-state index contributed by atoms with van der Waals surface area (Å²) in [6.07, 6.45) is 5.59. The minimum Gasteiger partial charge on any atom is -0.371 e. The van der Waals surface area contributed by atoms with Crippen molar-refractivity contribution in [1.29, 1.82) is 0 Å². The molecule has 0 spiro atoms. The monoisotopic (exact) mass is 471 g/mol. The lowest BCUT2D eigenvalue weighted by Gasteiger charge is -2.21. The Hall–Kier alpha value is -2.87. The number of carbonyl (C=O) groups is 2. The molecule has 2 N–H and O–H groups in total. The van der Waals surface area contributed by atoms with Gasteiger partial charge in [-0.25, -0.2) is 8.42 Å². The Kier molecular flexibility index (Phi) is 8.13. The van der Waals surface area contributed by atoms with Crippen LogP contribution in [0.15, 0.2) is 47.4 Å². The van der Waals surface area contributed by atoms with Crippen LogP contribution in [-0.2, 0) is 14.6 Å². The summed E-state index contributed by atoms with van der Waals surface area (Å²) in [5.41, 5.74) is 2.67. The van der Waals surface area contributed by atoms with Gasteiger partial charge in [0.2, 0.25) is 5.91 Å². The molecule has 2 aromatic carbocycles. The lowest BCUT2D eigenvalue weighted by Crippen LogP contribution is -2.44. The third-order valence-corrected chi connectivity index (χ3v) is 7.05. The van der Waals surface area contributed by atoms with Crippen LogP contribution >= 0.6 is 0 Å². The van der Waals surface area contributed by atoms with Crippen LogP contribution in [0.3, 0.4) is 0 Å². The molecule has 8 heteroatoms. The maximum Gasteiger partial charge on any atom is 0.252 e. The average Bonchev–Trinajstić information content (AvgIpc) is 3.31. The Balaban J connectivity index is 1.76. The number of rotatable bonds is 9. The third kappa shape index (κ3) is 6.57. The average molecular weight is 472 g/mol. The lowest BCUT2D eigenvalue weighted by atomic mass is 10.1. The first kappa shape index (κ1) is 24.8. The standard InChI is InChI=1S/C25H33N3O4S/c1-4-5-11-23(27-24(29)22-17-21(33(3,31)32)13-12-18(22)2)25(30)26-19-9-8-10-20(16-19)28-14-6-7-15-28/h8-10,12-13,16-17,23H,4-7,11,14-15H2,1-3H3,(H,26,30)(H,27,29). The van der Waals surface area contributed by atoms with Crippen LogP contribution in [0.25, 0.3) is 0 Å². The first-order valence-electron chi connectivity index (χ1n) is 11.5. The minimum absolute atomic E-state index is 0.0755. The lowest BCUT2D eigenvalue weighted by molar-refractivity contribution is -0.118. The van der Waals surface area contributed by atoms with E-state index in [-0.39, 0.29) is 16.4 Å². The molecule has 1 atom stereocenters. The number of nitrogens with zero attached hydrogens (tertiary/aromatic N) is 1. The number of amides is 2. The Morgan fingerprint density at radius 2 is 1.82 bits per heavy atom. The molecule has 7 nitrogen and oxygen atoms in total. The van der Waals surface area contributed by atoms with Crippen molar-refractivity contribution in [1.82, 2.24) is 5.32 Å². The number of anilines is 2. The minimum atomic E-state index is -3.45. The highest BCUT2D eigenvalue weighted by Crippen LogP contribution is 2.24. The number of sulfone groups is 1. The van der Waals surface area contributed by atoms with Gasteiger partial charge in [0.1, 0.15) is 6.04 Å². The fraction of sp³-hybridized carbons (Fsp3) is 0.440. The van der Waals surface area contributed by atoms with Gasteiger partial charge in [-0.15, -0.1) is 0 Å². The summed E-state index contributed by atoms with van der Waals surface area (Å²) in [4.78, 5) is 28.5. The summed E-state index contributed by atoms with van der Waals surface area (Å²) in [7, 11) is -3.45. The summed E-state index contributed by atoms with van der Waals surface area (Å²) < 4.78 is 23.8. The summed E-state index contributed by atoms with van der Waals surface area (Å²) in [6, 6.07) is 11.5. The summed E-state index contributed by atoms with van der Waals surface area (Å²) in [5.74, 6) is -0.743. The quantitative estimate of drug-likeness (QED) is 0.578. The van der Waals surface area contributed by atoms with E-state index >= 15 is 0 Å². The number of benzene rings is 2. The molecule has 178 valence electrons. The molecule has 2 aromatic rings. The van der Waals surface area contributed by atoms with Crippen LogP contribution in [-0.4, -0.2) is 45.6 Å². The number of hydrogen-bond donors (Lipinski definition) is 2. The maximum atomic E-state index is 13.1. The highest BCUT2D eigenvalue weighted by atomic mass is 32.2. The van der Waals surface area contributed by atoms with Gasteiger partial charge in [-0.2, -0.15) is 0 Å². The number of hydrogen-bond acceptors (Lipinski definition) is 5. The van der Waals surface area contributed by atoms with Gasteiger partial charge in [0.25, 0.3) is 5.91 Å². The van der Waals surface area contributed by atoms with E-state index in [1.165, 1.54) is 25.0 Å². The second kappa shape index (κ2) is 10.8. The van der Waals surface area contributed by atoms with Crippen molar-refractivity contribution >= 4 is 33.0 Å². The third-order valence-electron chi connectivity index (χ3n) is 5.93. The van der Waals surface area contributed by atoms with Gasteiger partial charge in [0.05, 0.1) is 4.90 Å². The molecule has 0 saturated carbocycles. The zero-order valence-electron chi connectivity index (χ0n) is 19.6. The summed E-state index contributed by atoms with van der Waals surface area (Å²) >= 11 is 0. The van der Waals surface area contributed by atoms with Crippen LogP contribution < -0.4 is 15.5 Å². The Morgan fingerprint density at radius 3 is 2.48 bits per heavy atom. The summed E-state index contributed by atoms with van der Waals surface area (Å²) in [5, 5.41) is 5.77. The zero-order chi connectivity index (χ0) is 24.0. The van der Waals surface area contributed by atoms with Crippen molar-refractivity contribution in [2.45, 2.75) is 56.9 Å². The topological polar surface area (TPSA) is 95.6 Å². The van der Waals surface area contributed by atoms with E-state index in [9.17, 15) is 18.0 Å². The van der Waals surface area contributed by atoms with Gasteiger partial charge < -0.3 is 15.5 Å². The predicted octanol–water partition coefficient (Wildman–Crippen LogP) is 3.93. The number of aryl methyl sites for hydroxylation is 1. The van der Waals surface area contributed by atoms with E-state index in [1.807, 2.05) is 31.2 Å². The Bertz CT molecular complexity index is 1110. The van der Waals surface area contributed by atoms with Gasteiger partial charge in [-0.1, -0.05) is 31.9 Å². The molecule has 33 heavy (non-hydrogen) atoms. The van der Waals surface area contributed by atoms with E-state index in [4.69, 9.17) is 0 Å². The molecular weight excluding hydrogens is 438 g/mol. The number of unbranched alkanes of at least 4 members (excludes halogenated alkanes) is 1. The Labute approximate surface area is 196 Å². The van der Waals surface area contributed by atoms with Gasteiger partial charge >= 0.3 is 0 Å². The highest BCUT2D eigenvalue weighted by molar-refractivity contribution is 7.90. The van der Waals surface area contributed by atoms with Crippen LogP contribution in [0.1, 0.15) is 54.9 Å². The highest BCUT2D eigenvalue weighted by Gasteiger charge is 2.23. The molecule has 1 fully saturated rings. The zero-order valence-corrected chi connectivity index (χ0v) is 20.4. The Morgan fingerprint density at radius 1 is 1.09 bits per heavy atom. The van der Waals surface area contributed by atoms with Crippen molar-refractivity contribution < 1.29 is 18.0 Å². The molecule has 1 saturated heterocycles. The van der Waals surface area contributed by atoms with Crippen molar-refractivity contribution in [3.05, 3.63) is 53.6 Å². The molecular formula is C25H33N3O4S. The summed E-state index contributed by atoms with van der Waals surface area (Å²) in [6.45, 7) is 5.79. The molecule has 1 aliphatic rings. The number of nitrogens with one attached hydrogen (secondary N) is 2. The maximum absolute atomic E-state index is 13.1. The fourth-order valence-corrected chi connectivity index (χ4v) is 4.62. The van der Waals surface area contributed by atoms with Crippen molar-refractivity contribution in [3.8, 4) is 0 Å². The predicted molar refractivity (Wildman–Crippen MR) is 132 cm³/mol. The van der Waals surface area contributed by atoms with E-state index in [1.54, 1.807) is 13.0 Å².